The number of para-hydroxylation sites is 2. The van der Waals surface area contributed by atoms with Gasteiger partial charge in [0.05, 0.1) is 11.0 Å². The normalized spacial score (nSPS) is 11.6. The third-order valence-corrected chi connectivity index (χ3v) is 9.46. The van der Waals surface area contributed by atoms with E-state index in [1.54, 1.807) is 0 Å². The van der Waals surface area contributed by atoms with Crippen LogP contribution >= 0.6 is 0 Å². The monoisotopic (exact) mass is 640 g/mol. The maximum atomic E-state index is 6.31. The number of aromatic nitrogens is 4. The van der Waals surface area contributed by atoms with Gasteiger partial charge < -0.3 is 8.98 Å². The highest BCUT2D eigenvalue weighted by Crippen LogP contribution is 2.43. The summed E-state index contributed by atoms with van der Waals surface area (Å²) in [4.78, 5) is 15.0. The van der Waals surface area contributed by atoms with Crippen molar-refractivity contribution in [3.63, 3.8) is 0 Å². The number of hydrogen-bond acceptors (Lipinski definition) is 4. The molecule has 3 aromatic heterocycles. The number of fused-ring (bicyclic) bond motifs is 6. The van der Waals surface area contributed by atoms with Crippen molar-refractivity contribution in [2.45, 2.75) is 0 Å². The molecule has 0 saturated carbocycles. The third-order valence-electron chi connectivity index (χ3n) is 9.46. The van der Waals surface area contributed by atoms with Gasteiger partial charge in [0, 0.05) is 43.9 Å². The zero-order chi connectivity index (χ0) is 33.0. The first-order chi connectivity index (χ1) is 24.8. The minimum absolute atomic E-state index is 0.624. The largest absolute Gasteiger partial charge is 0.456 e. The number of rotatable bonds is 5. The number of hydrogen-bond donors (Lipinski definition) is 0. The first-order valence-corrected chi connectivity index (χ1v) is 16.7. The summed E-state index contributed by atoms with van der Waals surface area (Å²) in [5.41, 5.74) is 10.2. The molecular weight excluding hydrogens is 613 g/mol. The van der Waals surface area contributed by atoms with Crippen molar-refractivity contribution in [3.05, 3.63) is 170 Å². The van der Waals surface area contributed by atoms with E-state index in [2.05, 4.69) is 102 Å². The van der Waals surface area contributed by atoms with Crippen LogP contribution in [0.5, 0.6) is 0 Å². The van der Waals surface area contributed by atoms with Crippen molar-refractivity contribution in [1.29, 1.82) is 0 Å². The molecule has 0 aliphatic heterocycles. The fourth-order valence-electron chi connectivity index (χ4n) is 7.22. The second-order valence-corrected chi connectivity index (χ2v) is 12.4. The molecule has 10 rings (SSSR count). The van der Waals surface area contributed by atoms with Crippen LogP contribution in [0.25, 0.3) is 94.7 Å². The van der Waals surface area contributed by atoms with Gasteiger partial charge in [-0.05, 0) is 47.5 Å². The molecule has 0 radical (unpaired) electrons. The van der Waals surface area contributed by atoms with E-state index >= 15 is 0 Å². The van der Waals surface area contributed by atoms with Crippen LogP contribution in [0, 0.1) is 0 Å². The molecule has 0 bridgehead atoms. The van der Waals surface area contributed by atoms with Crippen molar-refractivity contribution < 1.29 is 4.42 Å². The smallest absolute Gasteiger partial charge is 0.164 e. The van der Waals surface area contributed by atoms with Crippen molar-refractivity contribution >= 4 is 43.7 Å². The molecule has 50 heavy (non-hydrogen) atoms. The van der Waals surface area contributed by atoms with Gasteiger partial charge >= 0.3 is 0 Å². The lowest BCUT2D eigenvalue weighted by Crippen LogP contribution is -2.00. The highest BCUT2D eigenvalue weighted by atomic mass is 16.3. The van der Waals surface area contributed by atoms with E-state index in [9.17, 15) is 0 Å². The summed E-state index contributed by atoms with van der Waals surface area (Å²) in [5.74, 6) is 1.90. The van der Waals surface area contributed by atoms with E-state index in [1.807, 2.05) is 72.8 Å². The van der Waals surface area contributed by atoms with Gasteiger partial charge in [-0.3, -0.25) is 0 Å². The van der Waals surface area contributed by atoms with Crippen molar-refractivity contribution in [2.75, 3.05) is 0 Å². The molecule has 0 amide bonds. The Hall–Kier alpha value is -6.85. The molecule has 10 aromatic rings. The number of benzene rings is 7. The summed E-state index contributed by atoms with van der Waals surface area (Å²) in [7, 11) is 0. The van der Waals surface area contributed by atoms with Crippen LogP contribution in [-0.2, 0) is 0 Å². The molecular formula is C45H28N4O. The minimum atomic E-state index is 0.624. The molecule has 5 heteroatoms. The fourth-order valence-corrected chi connectivity index (χ4v) is 7.22. The van der Waals surface area contributed by atoms with Gasteiger partial charge in [-0.25, -0.2) is 15.0 Å². The van der Waals surface area contributed by atoms with E-state index in [1.165, 1.54) is 5.39 Å². The predicted octanol–water partition coefficient (Wildman–Crippen LogP) is 11.5. The van der Waals surface area contributed by atoms with Gasteiger partial charge in [-0.2, -0.15) is 0 Å². The number of furan rings is 1. The van der Waals surface area contributed by atoms with Crippen LogP contribution in [0.15, 0.2) is 174 Å². The van der Waals surface area contributed by atoms with Crippen LogP contribution in [0.2, 0.25) is 0 Å². The quantitative estimate of drug-likeness (QED) is 0.188. The Bertz CT molecular complexity index is 2800. The van der Waals surface area contributed by atoms with Crippen LogP contribution in [0.4, 0.5) is 0 Å². The van der Waals surface area contributed by atoms with E-state index in [0.717, 1.165) is 71.9 Å². The summed E-state index contributed by atoms with van der Waals surface area (Å²) in [6, 6.07) is 58.5. The lowest BCUT2D eigenvalue weighted by atomic mass is 9.95. The summed E-state index contributed by atoms with van der Waals surface area (Å²) in [6.45, 7) is 0. The molecule has 3 heterocycles. The molecule has 0 aliphatic rings. The Labute approximate surface area is 287 Å². The van der Waals surface area contributed by atoms with Crippen LogP contribution < -0.4 is 0 Å². The van der Waals surface area contributed by atoms with Gasteiger partial charge in [0.2, 0.25) is 0 Å². The molecule has 0 spiro atoms. The van der Waals surface area contributed by atoms with Crippen molar-refractivity contribution in [3.8, 4) is 51.0 Å². The van der Waals surface area contributed by atoms with E-state index in [0.29, 0.717) is 17.5 Å². The van der Waals surface area contributed by atoms with Crippen molar-refractivity contribution in [1.82, 2.24) is 19.5 Å². The van der Waals surface area contributed by atoms with Crippen LogP contribution in [0.3, 0.4) is 0 Å². The summed E-state index contributed by atoms with van der Waals surface area (Å²) < 4.78 is 8.66. The molecule has 0 fully saturated rings. The highest BCUT2D eigenvalue weighted by Gasteiger charge is 2.21. The Kier molecular flexibility index (Phi) is 6.42. The highest BCUT2D eigenvalue weighted by molar-refractivity contribution is 6.21. The third kappa shape index (κ3) is 4.52. The zero-order valence-electron chi connectivity index (χ0n) is 26.9. The maximum Gasteiger partial charge on any atom is 0.164 e. The Morgan fingerprint density at radius 3 is 1.64 bits per heavy atom. The lowest BCUT2D eigenvalue weighted by molar-refractivity contribution is 0.669. The molecule has 0 unspecified atom stereocenters. The summed E-state index contributed by atoms with van der Waals surface area (Å²) in [6.07, 6.45) is 0. The average molecular weight is 641 g/mol. The minimum Gasteiger partial charge on any atom is -0.456 e. The van der Waals surface area contributed by atoms with Crippen LogP contribution in [-0.4, -0.2) is 19.5 Å². The second-order valence-electron chi connectivity index (χ2n) is 12.4. The van der Waals surface area contributed by atoms with Crippen LogP contribution in [0.1, 0.15) is 0 Å². The first kappa shape index (κ1) is 28.2. The Morgan fingerprint density at radius 2 is 0.940 bits per heavy atom. The molecule has 5 nitrogen and oxygen atoms in total. The molecule has 7 aromatic carbocycles. The van der Waals surface area contributed by atoms with Gasteiger partial charge in [0.1, 0.15) is 11.2 Å². The summed E-state index contributed by atoms with van der Waals surface area (Å²) in [5, 5.41) is 4.57. The molecule has 0 saturated heterocycles. The van der Waals surface area contributed by atoms with Gasteiger partial charge in [-0.15, -0.1) is 0 Å². The molecule has 0 aliphatic carbocycles. The van der Waals surface area contributed by atoms with Crippen molar-refractivity contribution in [2.24, 2.45) is 0 Å². The molecule has 234 valence electrons. The molecule has 0 atom stereocenters. The van der Waals surface area contributed by atoms with Gasteiger partial charge in [-0.1, -0.05) is 133 Å². The topological polar surface area (TPSA) is 56.7 Å². The Morgan fingerprint density at radius 1 is 0.380 bits per heavy atom. The summed E-state index contributed by atoms with van der Waals surface area (Å²) >= 11 is 0. The number of nitrogens with zero attached hydrogens (tertiary/aromatic N) is 4. The van der Waals surface area contributed by atoms with Gasteiger partial charge in [0.25, 0.3) is 0 Å². The average Bonchev–Trinajstić information content (AvgIpc) is 3.74. The predicted molar refractivity (Wildman–Crippen MR) is 203 cm³/mol. The van der Waals surface area contributed by atoms with E-state index < -0.39 is 0 Å². The Balaban J connectivity index is 1.25. The standard InChI is InChI=1S/C45H28N4O/c1-4-14-29(15-5-1)43-46-44(30-16-6-2-7-17-30)48-45(47-43)31-26-27-35-38(28-31)49(32-18-8-3-9-19-32)37-23-12-21-33(41(35)37)34-22-13-25-40-42(34)36-20-10-11-24-39(36)50-40/h1-28H. The lowest BCUT2D eigenvalue weighted by Gasteiger charge is -2.10. The zero-order valence-corrected chi connectivity index (χ0v) is 26.9. The second kappa shape index (κ2) is 11.4. The fraction of sp³-hybridized carbons (Fsp3) is 0. The SMILES string of the molecule is c1ccc(-c2nc(-c3ccccc3)nc(-c3ccc4c5c(-c6cccc7oc8ccccc8c67)cccc5n(-c5ccccc5)c4c3)n2)cc1. The molecule has 0 N–H and O–H groups in total. The first-order valence-electron chi connectivity index (χ1n) is 16.7. The maximum absolute atomic E-state index is 6.31. The van der Waals surface area contributed by atoms with E-state index in [-0.39, 0.29) is 0 Å². The van der Waals surface area contributed by atoms with Gasteiger partial charge in [0.15, 0.2) is 17.5 Å². The van der Waals surface area contributed by atoms with E-state index in [4.69, 9.17) is 19.4 Å².